The van der Waals surface area contributed by atoms with Crippen LogP contribution in [0, 0.1) is 6.92 Å². The number of halogens is 2. The van der Waals surface area contributed by atoms with Gasteiger partial charge in [0.15, 0.2) is 5.28 Å². The van der Waals surface area contributed by atoms with Crippen LogP contribution in [0.4, 0.5) is 4.79 Å². The number of hydrogen-bond acceptors (Lipinski definition) is 7. The maximum absolute atomic E-state index is 14.0. The van der Waals surface area contributed by atoms with E-state index in [-0.39, 0.29) is 44.4 Å². The van der Waals surface area contributed by atoms with Gasteiger partial charge in [0.1, 0.15) is 22.2 Å². The summed E-state index contributed by atoms with van der Waals surface area (Å²) >= 11 is 13.0. The molecule has 1 aromatic heterocycles. The molecule has 0 fully saturated rings. The molecule has 198 valence electrons. The number of alkyl halides is 1. The predicted octanol–water partition coefficient (Wildman–Crippen LogP) is 6.10. The molecule has 35 heavy (non-hydrogen) atoms. The third kappa shape index (κ3) is 5.76. The Morgan fingerprint density at radius 3 is 2.23 bits per heavy atom. The molecule has 1 aromatic carbocycles. The number of carbonyl (C=O) groups is 1. The van der Waals surface area contributed by atoms with Crippen LogP contribution in [0.2, 0.25) is 5.02 Å². The second-order valence-corrected chi connectivity index (χ2v) is 14.5. The monoisotopic (exact) mass is 589 g/mol. The summed E-state index contributed by atoms with van der Waals surface area (Å²) in [6, 6.07) is 3.20. The number of benzene rings is 1. The summed E-state index contributed by atoms with van der Waals surface area (Å²) < 4.78 is 52.0. The third-order valence-corrected chi connectivity index (χ3v) is 11.6. The Hall–Kier alpha value is -1.07. The van der Waals surface area contributed by atoms with E-state index in [1.165, 1.54) is 41.5 Å². The SMILES string of the molecule is CCC(CC)(N(C(=O)OC(C)(C)C)S(=O)(=O)c1sc2ccc(OCCCl)c(Cl)c2c1C)P(=O)(O)O. The van der Waals surface area contributed by atoms with Crippen molar-refractivity contribution in [2.24, 2.45) is 0 Å². The lowest BCUT2D eigenvalue weighted by Crippen LogP contribution is -2.55. The van der Waals surface area contributed by atoms with Crippen molar-refractivity contribution in [3.05, 3.63) is 22.7 Å². The Balaban J connectivity index is 2.86. The second-order valence-electron chi connectivity index (χ2n) is 8.79. The molecule has 14 heteroatoms. The van der Waals surface area contributed by atoms with Gasteiger partial charge in [-0.15, -0.1) is 22.9 Å². The molecular formula is C21H30Cl2NO8PS2. The van der Waals surface area contributed by atoms with Gasteiger partial charge < -0.3 is 19.3 Å². The number of thiophene rings is 1. The first-order valence-electron chi connectivity index (χ1n) is 10.7. The number of fused-ring (bicyclic) bond motifs is 1. The smallest absolute Gasteiger partial charge is 0.425 e. The fourth-order valence-electron chi connectivity index (χ4n) is 3.70. The zero-order chi connectivity index (χ0) is 27.0. The van der Waals surface area contributed by atoms with E-state index >= 15 is 0 Å². The van der Waals surface area contributed by atoms with Crippen LogP contribution in [0.25, 0.3) is 10.1 Å². The van der Waals surface area contributed by atoms with E-state index in [0.29, 0.717) is 15.8 Å². The largest absolute Gasteiger partial charge is 0.491 e. The van der Waals surface area contributed by atoms with Crippen LogP contribution >= 0.6 is 42.1 Å². The summed E-state index contributed by atoms with van der Waals surface area (Å²) in [5, 5.41) is -1.80. The average Bonchev–Trinajstić information content (AvgIpc) is 3.07. The van der Waals surface area contributed by atoms with Gasteiger partial charge in [-0.2, -0.15) is 12.7 Å². The molecule has 0 unspecified atom stereocenters. The Morgan fingerprint density at radius 1 is 1.20 bits per heavy atom. The molecule has 0 saturated carbocycles. The number of hydrogen-bond donors (Lipinski definition) is 2. The maximum Gasteiger partial charge on any atom is 0.425 e. The van der Waals surface area contributed by atoms with Gasteiger partial charge in [0.05, 0.1) is 10.9 Å². The summed E-state index contributed by atoms with van der Waals surface area (Å²) in [6.07, 6.45) is -2.06. The van der Waals surface area contributed by atoms with E-state index in [9.17, 15) is 27.6 Å². The van der Waals surface area contributed by atoms with Gasteiger partial charge in [-0.25, -0.2) is 4.79 Å². The third-order valence-electron chi connectivity index (χ3n) is 5.37. The van der Waals surface area contributed by atoms with E-state index in [4.69, 9.17) is 32.7 Å². The molecule has 2 N–H and O–H groups in total. The van der Waals surface area contributed by atoms with Crippen LogP contribution in [0.15, 0.2) is 16.3 Å². The standard InChI is InChI=1S/C21H30Cl2NO8PS2/c1-7-21(8-2,33(26,27)28)24(19(25)32-20(4,5)6)35(29,30)18-13(3)16-15(34-18)10-9-14(17(16)23)31-12-11-22/h9-10H,7-8,11-12H2,1-6H3,(H2,26,27,28). The topological polar surface area (TPSA) is 130 Å². The Bertz CT molecular complexity index is 1250. The van der Waals surface area contributed by atoms with Crippen LogP contribution in [0.1, 0.15) is 53.0 Å². The lowest BCUT2D eigenvalue weighted by molar-refractivity contribution is 0.0269. The molecule has 0 aliphatic heterocycles. The highest BCUT2D eigenvalue weighted by Crippen LogP contribution is 2.58. The van der Waals surface area contributed by atoms with E-state index in [1.807, 2.05) is 0 Å². The molecule has 9 nitrogen and oxygen atoms in total. The zero-order valence-electron chi connectivity index (χ0n) is 20.3. The highest BCUT2D eigenvalue weighted by Gasteiger charge is 2.58. The van der Waals surface area contributed by atoms with E-state index in [0.717, 1.165) is 11.3 Å². The number of ether oxygens (including phenoxy) is 2. The maximum atomic E-state index is 14.0. The average molecular weight is 590 g/mol. The fraction of sp³-hybridized carbons (Fsp3) is 0.571. The molecule has 2 rings (SSSR count). The van der Waals surface area contributed by atoms with Crippen molar-refractivity contribution >= 4 is 68.3 Å². The van der Waals surface area contributed by atoms with Crippen molar-refractivity contribution in [3.8, 4) is 5.75 Å². The first-order valence-corrected chi connectivity index (χ1v) is 15.5. The van der Waals surface area contributed by atoms with Crippen LogP contribution in [0.5, 0.6) is 5.75 Å². The summed E-state index contributed by atoms with van der Waals surface area (Å²) in [7, 11) is -10.00. The van der Waals surface area contributed by atoms with Crippen LogP contribution in [-0.2, 0) is 19.3 Å². The highest BCUT2D eigenvalue weighted by molar-refractivity contribution is 7.92. The van der Waals surface area contributed by atoms with Gasteiger partial charge >= 0.3 is 13.7 Å². The minimum Gasteiger partial charge on any atom is -0.491 e. The molecule has 0 bridgehead atoms. The number of rotatable bonds is 9. The second kappa shape index (κ2) is 10.7. The first kappa shape index (κ1) is 30.2. The summed E-state index contributed by atoms with van der Waals surface area (Å²) in [5.41, 5.74) is -0.910. The molecule has 1 heterocycles. The van der Waals surface area contributed by atoms with E-state index < -0.39 is 34.6 Å². The van der Waals surface area contributed by atoms with E-state index in [2.05, 4.69) is 0 Å². The molecule has 0 saturated heterocycles. The molecule has 0 radical (unpaired) electrons. The number of sulfonamides is 1. The van der Waals surface area contributed by atoms with Crippen molar-refractivity contribution < 1.29 is 37.0 Å². The molecule has 0 aliphatic rings. The highest BCUT2D eigenvalue weighted by atomic mass is 35.5. The van der Waals surface area contributed by atoms with Gasteiger partial charge in [-0.3, -0.25) is 4.57 Å². The first-order chi connectivity index (χ1) is 16.0. The van der Waals surface area contributed by atoms with Crippen molar-refractivity contribution in [1.29, 1.82) is 0 Å². The predicted molar refractivity (Wildman–Crippen MR) is 138 cm³/mol. The Morgan fingerprint density at radius 2 is 1.77 bits per heavy atom. The quantitative estimate of drug-likeness (QED) is 0.265. The lowest BCUT2D eigenvalue weighted by atomic mass is 10.1. The molecule has 1 amide bonds. The zero-order valence-corrected chi connectivity index (χ0v) is 24.3. The van der Waals surface area contributed by atoms with Gasteiger partial charge in [-0.05, 0) is 58.2 Å². The van der Waals surface area contributed by atoms with Crippen molar-refractivity contribution in [1.82, 2.24) is 4.31 Å². The number of aryl methyl sites for hydroxylation is 1. The normalized spacial score (nSPS) is 13.2. The van der Waals surface area contributed by atoms with Crippen molar-refractivity contribution in [3.63, 3.8) is 0 Å². The van der Waals surface area contributed by atoms with E-state index in [1.54, 1.807) is 12.1 Å². The van der Waals surface area contributed by atoms with Crippen LogP contribution < -0.4 is 4.74 Å². The van der Waals surface area contributed by atoms with Crippen LogP contribution in [-0.4, -0.2) is 52.0 Å². The van der Waals surface area contributed by atoms with Crippen molar-refractivity contribution in [2.45, 2.75) is 69.5 Å². The van der Waals surface area contributed by atoms with Gasteiger partial charge in [-0.1, -0.05) is 25.4 Å². The molecular weight excluding hydrogens is 560 g/mol. The fourth-order valence-corrected chi connectivity index (χ4v) is 9.44. The molecule has 0 aliphatic carbocycles. The van der Waals surface area contributed by atoms with Crippen LogP contribution in [0.3, 0.4) is 0 Å². The summed E-state index contributed by atoms with van der Waals surface area (Å²) in [5.74, 6) is 0.528. The lowest BCUT2D eigenvalue weighted by Gasteiger charge is -2.41. The van der Waals surface area contributed by atoms with Gasteiger partial charge in [0.2, 0.25) is 0 Å². The molecule has 2 aromatic rings. The minimum atomic E-state index is -5.19. The van der Waals surface area contributed by atoms with Crippen molar-refractivity contribution in [2.75, 3.05) is 12.5 Å². The Labute approximate surface area is 219 Å². The summed E-state index contributed by atoms with van der Waals surface area (Å²) in [6.45, 7) is 9.09. The number of amides is 1. The molecule has 0 atom stereocenters. The minimum absolute atomic E-state index is 0.166. The number of nitrogens with zero attached hydrogens (tertiary/aromatic N) is 1. The Kier molecular flexibility index (Phi) is 9.25. The summed E-state index contributed by atoms with van der Waals surface area (Å²) in [4.78, 5) is 33.8. The van der Waals surface area contributed by atoms with Gasteiger partial charge in [0, 0.05) is 10.1 Å². The van der Waals surface area contributed by atoms with Gasteiger partial charge in [0.25, 0.3) is 10.0 Å². The molecule has 0 spiro atoms. The number of carbonyl (C=O) groups excluding carboxylic acids is 1.